The highest BCUT2D eigenvalue weighted by molar-refractivity contribution is 6.51. The summed E-state index contributed by atoms with van der Waals surface area (Å²) < 4.78 is 0. The van der Waals surface area contributed by atoms with Crippen LogP contribution in [0.4, 0.5) is 5.69 Å². The van der Waals surface area contributed by atoms with Crippen molar-refractivity contribution in [3.8, 4) is 6.07 Å². The number of carbonyl (C=O) groups is 2. The van der Waals surface area contributed by atoms with Gasteiger partial charge >= 0.3 is 0 Å². The Bertz CT molecular complexity index is 1460. The van der Waals surface area contributed by atoms with E-state index in [9.17, 15) is 14.7 Å². The van der Waals surface area contributed by atoms with Gasteiger partial charge < -0.3 is 5.11 Å². The number of fused-ring (bicyclic) bond motifs is 1. The van der Waals surface area contributed by atoms with Crippen LogP contribution in [0.5, 0.6) is 0 Å². The van der Waals surface area contributed by atoms with Gasteiger partial charge in [0.1, 0.15) is 5.76 Å². The summed E-state index contributed by atoms with van der Waals surface area (Å²) in [4.78, 5) is 27.8. The average molecular weight is 430 g/mol. The van der Waals surface area contributed by atoms with E-state index in [0.29, 0.717) is 22.4 Å². The third-order valence-corrected chi connectivity index (χ3v) is 5.86. The summed E-state index contributed by atoms with van der Waals surface area (Å²) in [6.45, 7) is 0. The van der Waals surface area contributed by atoms with Crippen molar-refractivity contribution in [1.29, 1.82) is 5.26 Å². The van der Waals surface area contributed by atoms with Crippen LogP contribution in [0.1, 0.15) is 22.7 Å². The zero-order valence-electron chi connectivity index (χ0n) is 17.5. The number of Topliss-reactive ketones (excluding diaryl/α,β-unsaturated/α-hetero) is 1. The molecular weight excluding hydrogens is 412 g/mol. The topological polar surface area (TPSA) is 81.4 Å². The molecule has 1 unspecified atom stereocenters. The first kappa shape index (κ1) is 20.2. The summed E-state index contributed by atoms with van der Waals surface area (Å²) in [7, 11) is 0. The van der Waals surface area contributed by atoms with E-state index in [4.69, 9.17) is 5.26 Å². The number of amides is 1. The van der Waals surface area contributed by atoms with Crippen molar-refractivity contribution in [2.75, 3.05) is 4.90 Å². The zero-order valence-corrected chi connectivity index (χ0v) is 17.5. The maximum absolute atomic E-state index is 13.2. The molecule has 1 aliphatic heterocycles. The van der Waals surface area contributed by atoms with Crippen LogP contribution in [-0.4, -0.2) is 16.8 Å². The van der Waals surface area contributed by atoms with Gasteiger partial charge in [-0.2, -0.15) is 5.26 Å². The number of carbonyl (C=O) groups excluding carboxylic acids is 2. The number of rotatable bonds is 3. The van der Waals surface area contributed by atoms with Crippen molar-refractivity contribution < 1.29 is 14.7 Å². The lowest BCUT2D eigenvalue weighted by molar-refractivity contribution is -0.132. The number of aliphatic hydroxyl groups excluding tert-OH is 1. The van der Waals surface area contributed by atoms with Gasteiger partial charge in [-0.25, -0.2) is 0 Å². The van der Waals surface area contributed by atoms with E-state index in [1.54, 1.807) is 30.3 Å². The highest BCUT2D eigenvalue weighted by Crippen LogP contribution is 2.42. The molecule has 4 aromatic rings. The van der Waals surface area contributed by atoms with Crippen molar-refractivity contribution in [1.82, 2.24) is 0 Å². The van der Waals surface area contributed by atoms with E-state index in [0.717, 1.165) is 10.8 Å². The Balaban J connectivity index is 1.71. The molecule has 1 N–H and O–H groups in total. The molecule has 0 aliphatic carbocycles. The third-order valence-electron chi connectivity index (χ3n) is 5.86. The number of hydrogen-bond donors (Lipinski definition) is 1. The summed E-state index contributed by atoms with van der Waals surface area (Å²) in [6, 6.07) is 30.0. The lowest BCUT2D eigenvalue weighted by atomic mass is 9.94. The number of hydrogen-bond acceptors (Lipinski definition) is 4. The van der Waals surface area contributed by atoms with Crippen LogP contribution in [0.15, 0.2) is 103 Å². The minimum Gasteiger partial charge on any atom is -0.507 e. The summed E-state index contributed by atoms with van der Waals surface area (Å²) >= 11 is 0. The van der Waals surface area contributed by atoms with Crippen LogP contribution in [0.25, 0.3) is 16.5 Å². The number of ketones is 1. The van der Waals surface area contributed by atoms with Gasteiger partial charge in [0.05, 0.1) is 23.2 Å². The molecule has 0 bridgehead atoms. The fourth-order valence-corrected chi connectivity index (χ4v) is 4.24. The highest BCUT2D eigenvalue weighted by atomic mass is 16.3. The Morgan fingerprint density at radius 1 is 0.818 bits per heavy atom. The number of benzene rings is 4. The van der Waals surface area contributed by atoms with Crippen molar-refractivity contribution >= 4 is 33.9 Å². The summed E-state index contributed by atoms with van der Waals surface area (Å²) in [5.74, 6) is -1.70. The minimum absolute atomic E-state index is 0.0332. The normalized spacial score (nSPS) is 17.3. The van der Waals surface area contributed by atoms with Gasteiger partial charge in [0.15, 0.2) is 0 Å². The Labute approximate surface area is 190 Å². The predicted octanol–water partition coefficient (Wildman–Crippen LogP) is 5.34. The fraction of sp³-hybridized carbons (Fsp3) is 0.0357. The van der Waals surface area contributed by atoms with Gasteiger partial charge in [0.25, 0.3) is 11.7 Å². The van der Waals surface area contributed by atoms with E-state index in [1.165, 1.54) is 4.90 Å². The maximum atomic E-state index is 13.2. The second-order valence-electron chi connectivity index (χ2n) is 7.80. The summed E-state index contributed by atoms with van der Waals surface area (Å²) in [6.07, 6.45) is 0. The molecule has 5 heteroatoms. The van der Waals surface area contributed by atoms with Crippen LogP contribution in [-0.2, 0) is 9.59 Å². The molecule has 0 saturated carbocycles. The predicted molar refractivity (Wildman–Crippen MR) is 126 cm³/mol. The number of aliphatic hydroxyl groups is 1. The van der Waals surface area contributed by atoms with Gasteiger partial charge in [0.2, 0.25) is 0 Å². The van der Waals surface area contributed by atoms with Crippen LogP contribution >= 0.6 is 0 Å². The van der Waals surface area contributed by atoms with Crippen LogP contribution in [0.2, 0.25) is 0 Å². The zero-order chi connectivity index (χ0) is 22.9. The number of nitriles is 1. The minimum atomic E-state index is -0.800. The first-order valence-corrected chi connectivity index (χ1v) is 10.4. The summed E-state index contributed by atoms with van der Waals surface area (Å²) in [5, 5.41) is 22.3. The second kappa shape index (κ2) is 8.10. The quantitative estimate of drug-likeness (QED) is 0.270. The molecule has 0 spiro atoms. The maximum Gasteiger partial charge on any atom is 0.300 e. The molecule has 5 nitrogen and oxygen atoms in total. The highest BCUT2D eigenvalue weighted by Gasteiger charge is 2.46. The van der Waals surface area contributed by atoms with Crippen molar-refractivity contribution in [2.45, 2.75) is 6.04 Å². The molecule has 1 saturated heterocycles. The fourth-order valence-electron chi connectivity index (χ4n) is 4.24. The van der Waals surface area contributed by atoms with Crippen molar-refractivity contribution in [3.05, 3.63) is 119 Å². The molecule has 158 valence electrons. The monoisotopic (exact) mass is 430 g/mol. The Hall–Kier alpha value is -4.69. The van der Waals surface area contributed by atoms with Gasteiger partial charge in [-0.15, -0.1) is 0 Å². The summed E-state index contributed by atoms with van der Waals surface area (Å²) in [5.41, 5.74) is 2.12. The number of anilines is 1. The average Bonchev–Trinajstić information content (AvgIpc) is 3.14. The van der Waals surface area contributed by atoms with E-state index < -0.39 is 17.7 Å². The SMILES string of the molecule is N#Cc1ccc(N2C(=O)C(=O)/C(=C(\O)c3ccc4ccccc4c3)C2c2ccccc2)cc1. The molecule has 33 heavy (non-hydrogen) atoms. The smallest absolute Gasteiger partial charge is 0.300 e. The van der Waals surface area contributed by atoms with Crippen molar-refractivity contribution in [3.63, 3.8) is 0 Å². The van der Waals surface area contributed by atoms with E-state index in [1.807, 2.05) is 66.7 Å². The molecule has 4 aromatic carbocycles. The molecule has 1 heterocycles. The van der Waals surface area contributed by atoms with Crippen LogP contribution in [0.3, 0.4) is 0 Å². The first-order chi connectivity index (χ1) is 16.1. The Kier molecular flexibility index (Phi) is 4.96. The Morgan fingerprint density at radius 3 is 2.18 bits per heavy atom. The molecule has 0 radical (unpaired) electrons. The van der Waals surface area contributed by atoms with Gasteiger partial charge in [-0.1, -0.05) is 66.7 Å². The molecule has 1 amide bonds. The van der Waals surface area contributed by atoms with Gasteiger partial charge in [-0.3, -0.25) is 14.5 Å². The lowest BCUT2D eigenvalue weighted by Crippen LogP contribution is -2.29. The lowest BCUT2D eigenvalue weighted by Gasteiger charge is -2.25. The van der Waals surface area contributed by atoms with E-state index >= 15 is 0 Å². The second-order valence-corrected chi connectivity index (χ2v) is 7.80. The van der Waals surface area contributed by atoms with E-state index in [2.05, 4.69) is 6.07 Å². The molecule has 1 aliphatic rings. The van der Waals surface area contributed by atoms with Gasteiger partial charge in [-0.05, 0) is 46.7 Å². The van der Waals surface area contributed by atoms with Crippen molar-refractivity contribution in [2.24, 2.45) is 0 Å². The van der Waals surface area contributed by atoms with E-state index in [-0.39, 0.29) is 11.3 Å². The molecular formula is C28H18N2O3. The van der Waals surface area contributed by atoms with Crippen LogP contribution < -0.4 is 4.90 Å². The largest absolute Gasteiger partial charge is 0.507 e. The Morgan fingerprint density at radius 2 is 1.48 bits per heavy atom. The number of nitrogens with zero attached hydrogens (tertiary/aromatic N) is 2. The molecule has 0 aromatic heterocycles. The molecule has 1 fully saturated rings. The standard InChI is InChI=1S/C28H18N2O3/c29-17-18-10-14-23(15-11-18)30-25(20-7-2-1-3-8-20)24(27(32)28(30)33)26(31)22-13-12-19-6-4-5-9-21(19)16-22/h1-16,25,31H/b26-24-. The van der Waals surface area contributed by atoms with Crippen LogP contribution in [0, 0.1) is 11.3 Å². The first-order valence-electron chi connectivity index (χ1n) is 10.4. The third kappa shape index (κ3) is 3.44. The molecule has 5 rings (SSSR count). The molecule has 1 atom stereocenters. The van der Waals surface area contributed by atoms with Gasteiger partial charge in [0, 0.05) is 11.3 Å².